The number of aromatic nitrogens is 3. The van der Waals surface area contributed by atoms with E-state index >= 15 is 0 Å². The van der Waals surface area contributed by atoms with Crippen LogP contribution in [0.5, 0.6) is 5.88 Å². The standard InChI is InChI=1S/C19H19N5O4S/c20-16(25)11-5-7-23(8-6-11)14(12-3-1-9-27-12)15-18(26)24-19(29-15)21-17(22-24)13-4-2-10-28-13/h1-4,9-11,14,26H,5-8H2,(H2,20,25). The predicted octanol–water partition coefficient (Wildman–Crippen LogP) is 2.64. The highest BCUT2D eigenvalue weighted by atomic mass is 32.1. The molecule has 4 aromatic heterocycles. The number of thiazole rings is 1. The minimum Gasteiger partial charge on any atom is -0.492 e. The summed E-state index contributed by atoms with van der Waals surface area (Å²) in [5, 5.41) is 15.3. The van der Waals surface area contributed by atoms with Crippen LogP contribution < -0.4 is 5.73 Å². The highest BCUT2D eigenvalue weighted by molar-refractivity contribution is 7.17. The Bertz CT molecular complexity index is 1120. The fourth-order valence-corrected chi connectivity index (χ4v) is 4.90. The van der Waals surface area contributed by atoms with Crippen LogP contribution in [0, 0.1) is 5.92 Å². The lowest BCUT2D eigenvalue weighted by Crippen LogP contribution is -2.40. The molecule has 3 N–H and O–H groups in total. The predicted molar refractivity (Wildman–Crippen MR) is 104 cm³/mol. The van der Waals surface area contributed by atoms with Gasteiger partial charge in [0.15, 0.2) is 5.76 Å². The first-order valence-electron chi connectivity index (χ1n) is 9.31. The molecule has 5 rings (SSSR count). The molecule has 4 aromatic rings. The van der Waals surface area contributed by atoms with Crippen molar-refractivity contribution in [2.45, 2.75) is 18.9 Å². The Balaban J connectivity index is 1.51. The van der Waals surface area contributed by atoms with Gasteiger partial charge in [-0.05, 0) is 50.2 Å². The number of furan rings is 2. The van der Waals surface area contributed by atoms with Crippen molar-refractivity contribution in [3.63, 3.8) is 0 Å². The number of fused-ring (bicyclic) bond motifs is 1. The Morgan fingerprint density at radius 3 is 2.62 bits per heavy atom. The van der Waals surface area contributed by atoms with Gasteiger partial charge < -0.3 is 19.7 Å². The van der Waals surface area contributed by atoms with Gasteiger partial charge >= 0.3 is 0 Å². The lowest BCUT2D eigenvalue weighted by Gasteiger charge is -2.35. The molecule has 10 heteroatoms. The van der Waals surface area contributed by atoms with Crippen molar-refractivity contribution in [3.8, 4) is 17.5 Å². The second-order valence-corrected chi connectivity index (χ2v) is 8.04. The molecule has 29 heavy (non-hydrogen) atoms. The molecule has 0 aliphatic carbocycles. The lowest BCUT2D eigenvalue weighted by atomic mass is 9.94. The van der Waals surface area contributed by atoms with Gasteiger partial charge in [0.1, 0.15) is 11.8 Å². The molecule has 0 aromatic carbocycles. The van der Waals surface area contributed by atoms with Gasteiger partial charge in [-0.25, -0.2) is 0 Å². The smallest absolute Gasteiger partial charge is 0.230 e. The fraction of sp³-hybridized carbons (Fsp3) is 0.316. The van der Waals surface area contributed by atoms with Crippen LogP contribution >= 0.6 is 11.3 Å². The first-order chi connectivity index (χ1) is 14.1. The van der Waals surface area contributed by atoms with Gasteiger partial charge in [0.2, 0.25) is 22.6 Å². The third-order valence-electron chi connectivity index (χ3n) is 5.30. The Labute approximate surface area is 169 Å². The minimum atomic E-state index is -0.292. The van der Waals surface area contributed by atoms with Crippen molar-refractivity contribution in [1.29, 1.82) is 0 Å². The molecule has 0 saturated carbocycles. The Morgan fingerprint density at radius 2 is 2.00 bits per heavy atom. The van der Waals surface area contributed by atoms with E-state index in [1.54, 1.807) is 24.7 Å². The number of likely N-dealkylation sites (tertiary alicyclic amines) is 1. The molecule has 1 unspecified atom stereocenters. The number of hydrogen-bond acceptors (Lipinski definition) is 8. The Hall–Kier alpha value is -3.11. The van der Waals surface area contributed by atoms with E-state index in [1.807, 2.05) is 12.1 Å². The molecule has 0 spiro atoms. The molecule has 1 atom stereocenters. The number of nitrogens with two attached hydrogens (primary N) is 1. The molecular weight excluding hydrogens is 394 g/mol. The molecule has 5 heterocycles. The summed E-state index contributed by atoms with van der Waals surface area (Å²) < 4.78 is 12.4. The van der Waals surface area contributed by atoms with E-state index in [2.05, 4.69) is 15.0 Å². The maximum absolute atomic E-state index is 11.5. The van der Waals surface area contributed by atoms with Gasteiger partial charge in [-0.15, -0.1) is 5.10 Å². The zero-order valence-corrected chi connectivity index (χ0v) is 16.2. The summed E-state index contributed by atoms with van der Waals surface area (Å²) >= 11 is 1.35. The summed E-state index contributed by atoms with van der Waals surface area (Å²) in [6.45, 7) is 1.34. The number of amides is 1. The summed E-state index contributed by atoms with van der Waals surface area (Å²) in [5.41, 5.74) is 5.47. The number of primary amides is 1. The van der Waals surface area contributed by atoms with Crippen molar-refractivity contribution >= 4 is 22.2 Å². The molecular formula is C19H19N5O4S. The van der Waals surface area contributed by atoms with Gasteiger partial charge in [0.25, 0.3) is 0 Å². The highest BCUT2D eigenvalue weighted by Gasteiger charge is 2.35. The molecule has 1 fully saturated rings. The van der Waals surface area contributed by atoms with Gasteiger partial charge in [-0.1, -0.05) is 11.3 Å². The van der Waals surface area contributed by atoms with Crippen LogP contribution in [0.25, 0.3) is 16.5 Å². The Kier molecular flexibility index (Phi) is 4.36. The van der Waals surface area contributed by atoms with E-state index in [-0.39, 0.29) is 23.7 Å². The third kappa shape index (κ3) is 3.10. The van der Waals surface area contributed by atoms with Crippen LogP contribution in [0.15, 0.2) is 45.6 Å². The lowest BCUT2D eigenvalue weighted by molar-refractivity contribution is -0.123. The number of nitrogens with zero attached hydrogens (tertiary/aromatic N) is 4. The van der Waals surface area contributed by atoms with E-state index in [0.717, 1.165) is 0 Å². The van der Waals surface area contributed by atoms with Gasteiger partial charge in [-0.2, -0.15) is 9.50 Å². The van der Waals surface area contributed by atoms with Crippen molar-refractivity contribution in [3.05, 3.63) is 47.4 Å². The maximum atomic E-state index is 11.5. The second kappa shape index (κ2) is 7.05. The summed E-state index contributed by atoms with van der Waals surface area (Å²) in [5.74, 6) is 1.32. The number of carbonyl (C=O) groups excluding carboxylic acids is 1. The quantitative estimate of drug-likeness (QED) is 0.515. The van der Waals surface area contributed by atoms with E-state index in [4.69, 9.17) is 14.6 Å². The van der Waals surface area contributed by atoms with Gasteiger partial charge in [-0.3, -0.25) is 9.69 Å². The third-order valence-corrected chi connectivity index (χ3v) is 6.37. The van der Waals surface area contributed by atoms with Gasteiger partial charge in [0, 0.05) is 5.92 Å². The van der Waals surface area contributed by atoms with Crippen LogP contribution in [0.1, 0.15) is 29.5 Å². The molecule has 0 radical (unpaired) electrons. The Morgan fingerprint density at radius 1 is 1.24 bits per heavy atom. The van der Waals surface area contributed by atoms with Crippen LogP contribution in [-0.4, -0.2) is 43.6 Å². The number of hydrogen-bond donors (Lipinski definition) is 2. The molecule has 9 nitrogen and oxygen atoms in total. The average molecular weight is 413 g/mol. The monoisotopic (exact) mass is 413 g/mol. The van der Waals surface area contributed by atoms with E-state index in [9.17, 15) is 9.90 Å². The summed E-state index contributed by atoms with van der Waals surface area (Å²) in [6, 6.07) is 6.94. The first-order valence-corrected chi connectivity index (χ1v) is 10.1. The zero-order chi connectivity index (χ0) is 20.0. The van der Waals surface area contributed by atoms with Crippen LogP contribution in [0.4, 0.5) is 0 Å². The minimum absolute atomic E-state index is 0.0220. The average Bonchev–Trinajstić information content (AvgIpc) is 3.50. The van der Waals surface area contributed by atoms with E-state index in [1.165, 1.54) is 15.9 Å². The summed E-state index contributed by atoms with van der Waals surface area (Å²) in [4.78, 5) is 19.4. The normalized spacial score (nSPS) is 17.1. The highest BCUT2D eigenvalue weighted by Crippen LogP contribution is 2.41. The van der Waals surface area contributed by atoms with Crippen molar-refractivity contribution in [1.82, 2.24) is 19.5 Å². The van der Waals surface area contributed by atoms with E-state index in [0.29, 0.717) is 53.1 Å². The molecule has 1 aliphatic rings. The maximum Gasteiger partial charge on any atom is 0.230 e. The molecule has 1 amide bonds. The largest absolute Gasteiger partial charge is 0.492 e. The topological polar surface area (TPSA) is 123 Å². The van der Waals surface area contributed by atoms with Crippen molar-refractivity contribution in [2.75, 3.05) is 13.1 Å². The van der Waals surface area contributed by atoms with Crippen molar-refractivity contribution in [2.24, 2.45) is 11.7 Å². The van der Waals surface area contributed by atoms with Gasteiger partial charge in [0.05, 0.1) is 17.4 Å². The molecule has 1 saturated heterocycles. The zero-order valence-electron chi connectivity index (χ0n) is 15.4. The first kappa shape index (κ1) is 18.0. The molecule has 0 bridgehead atoms. The summed E-state index contributed by atoms with van der Waals surface area (Å²) in [7, 11) is 0. The van der Waals surface area contributed by atoms with Crippen LogP contribution in [0.2, 0.25) is 0 Å². The summed E-state index contributed by atoms with van der Waals surface area (Å²) in [6.07, 6.45) is 4.52. The SMILES string of the molecule is NC(=O)C1CCN(C(c2ccco2)c2sc3nc(-c4ccco4)nn3c2O)CC1. The molecule has 1 aliphatic heterocycles. The fourth-order valence-electron chi connectivity index (χ4n) is 3.80. The van der Waals surface area contributed by atoms with Crippen LogP contribution in [-0.2, 0) is 4.79 Å². The number of piperidine rings is 1. The van der Waals surface area contributed by atoms with Crippen LogP contribution in [0.3, 0.4) is 0 Å². The number of aromatic hydroxyl groups is 1. The molecule has 150 valence electrons. The number of rotatable bonds is 5. The second-order valence-electron chi connectivity index (χ2n) is 7.03. The van der Waals surface area contributed by atoms with Crippen molar-refractivity contribution < 1.29 is 18.7 Å². The van der Waals surface area contributed by atoms with E-state index < -0.39 is 0 Å². The number of carbonyl (C=O) groups is 1.